The highest BCUT2D eigenvalue weighted by molar-refractivity contribution is 6.31. The lowest BCUT2D eigenvalue weighted by atomic mass is 9.71. The summed E-state index contributed by atoms with van der Waals surface area (Å²) in [6.07, 6.45) is 5.11. The molecule has 116 valence electrons. The monoisotopic (exact) mass is 308 g/mol. The largest absolute Gasteiger partial charge is 0.370 e. The Morgan fingerprint density at radius 1 is 1.33 bits per heavy atom. The van der Waals surface area contributed by atoms with E-state index >= 15 is 0 Å². The number of nitrogens with two attached hydrogens (primary N) is 1. The van der Waals surface area contributed by atoms with E-state index in [1.54, 1.807) is 0 Å². The van der Waals surface area contributed by atoms with Gasteiger partial charge in [-0.2, -0.15) is 0 Å². The zero-order valence-corrected chi connectivity index (χ0v) is 13.6. The zero-order chi connectivity index (χ0) is 15.4. The van der Waals surface area contributed by atoms with E-state index in [-0.39, 0.29) is 11.9 Å². The van der Waals surface area contributed by atoms with E-state index < -0.39 is 0 Å². The van der Waals surface area contributed by atoms with Crippen LogP contribution in [0.3, 0.4) is 0 Å². The molecule has 21 heavy (non-hydrogen) atoms. The van der Waals surface area contributed by atoms with Crippen LogP contribution in [0.5, 0.6) is 0 Å². The second-order valence-electron chi connectivity index (χ2n) is 6.31. The molecule has 0 heterocycles. The third-order valence-electron chi connectivity index (χ3n) is 4.62. The fraction of sp³-hybridized carbons (Fsp3) is 0.588. The number of primary amides is 1. The van der Waals surface area contributed by atoms with E-state index in [2.05, 4.69) is 25.1 Å². The van der Waals surface area contributed by atoms with Crippen molar-refractivity contribution in [2.45, 2.75) is 38.1 Å². The van der Waals surface area contributed by atoms with E-state index in [0.717, 1.165) is 23.4 Å². The molecular weight excluding hydrogens is 284 g/mol. The Morgan fingerprint density at radius 2 is 2.00 bits per heavy atom. The van der Waals surface area contributed by atoms with Crippen LogP contribution in [0, 0.1) is 11.8 Å². The fourth-order valence-corrected chi connectivity index (χ4v) is 4.02. The number of hydrogen-bond donors (Lipinski definition) is 1. The summed E-state index contributed by atoms with van der Waals surface area (Å²) in [4.78, 5) is 13.6. The van der Waals surface area contributed by atoms with Crippen LogP contribution < -0.4 is 5.73 Å². The van der Waals surface area contributed by atoms with E-state index in [9.17, 15) is 4.79 Å². The van der Waals surface area contributed by atoms with Crippen LogP contribution in [-0.2, 0) is 4.79 Å². The molecule has 2 rings (SSSR count). The fourth-order valence-electron chi connectivity index (χ4n) is 3.77. The summed E-state index contributed by atoms with van der Waals surface area (Å²) in [6.45, 7) is 0. The van der Waals surface area contributed by atoms with Crippen molar-refractivity contribution < 1.29 is 4.79 Å². The third-order valence-corrected chi connectivity index (χ3v) is 4.96. The number of benzene rings is 1. The lowest BCUT2D eigenvalue weighted by Crippen LogP contribution is -2.36. The molecule has 1 amide bonds. The molecule has 1 aromatic carbocycles. The van der Waals surface area contributed by atoms with Gasteiger partial charge in [0, 0.05) is 17.5 Å². The topological polar surface area (TPSA) is 46.3 Å². The number of carbonyl (C=O) groups excluding carboxylic acids is 1. The van der Waals surface area contributed by atoms with Crippen molar-refractivity contribution in [2.24, 2.45) is 17.6 Å². The number of rotatable bonds is 5. The Labute approximate surface area is 132 Å². The standard InChI is InChI=1S/C17H25ClN2O/c1-20(2)17(14-9-5-6-10-15(14)18)13-8-4-3-7-12(13)11-16(19)21/h5-6,9-10,12-13,17H,3-4,7-8,11H2,1-2H3,(H2,19,21). The maximum atomic E-state index is 11.4. The molecule has 1 saturated carbocycles. The molecule has 0 bridgehead atoms. The first-order chi connectivity index (χ1) is 10.0. The summed E-state index contributed by atoms with van der Waals surface area (Å²) in [5.74, 6) is 0.602. The molecule has 0 saturated heterocycles. The first-order valence-corrected chi connectivity index (χ1v) is 8.07. The highest BCUT2D eigenvalue weighted by Gasteiger charge is 2.35. The van der Waals surface area contributed by atoms with Gasteiger partial charge in [-0.1, -0.05) is 42.6 Å². The van der Waals surface area contributed by atoms with Crippen LogP contribution in [-0.4, -0.2) is 24.9 Å². The molecule has 1 aliphatic rings. The smallest absolute Gasteiger partial charge is 0.217 e. The Bertz CT molecular complexity index is 489. The second-order valence-corrected chi connectivity index (χ2v) is 6.72. The highest BCUT2D eigenvalue weighted by atomic mass is 35.5. The minimum Gasteiger partial charge on any atom is -0.370 e. The quantitative estimate of drug-likeness (QED) is 0.903. The van der Waals surface area contributed by atoms with Gasteiger partial charge in [0.1, 0.15) is 0 Å². The van der Waals surface area contributed by atoms with Crippen molar-refractivity contribution in [3.63, 3.8) is 0 Å². The minimum atomic E-state index is -0.191. The molecule has 0 aromatic heterocycles. The van der Waals surface area contributed by atoms with Gasteiger partial charge in [-0.25, -0.2) is 0 Å². The number of amides is 1. The Kier molecular flexibility index (Phi) is 5.65. The Morgan fingerprint density at radius 3 is 2.62 bits per heavy atom. The van der Waals surface area contributed by atoms with Crippen LogP contribution in [0.4, 0.5) is 0 Å². The van der Waals surface area contributed by atoms with Crippen molar-refractivity contribution in [1.82, 2.24) is 4.90 Å². The van der Waals surface area contributed by atoms with Gasteiger partial charge in [-0.3, -0.25) is 4.79 Å². The van der Waals surface area contributed by atoms with E-state index in [1.807, 2.05) is 18.2 Å². The van der Waals surface area contributed by atoms with Crippen molar-refractivity contribution in [2.75, 3.05) is 14.1 Å². The van der Waals surface area contributed by atoms with Crippen molar-refractivity contribution >= 4 is 17.5 Å². The number of carbonyl (C=O) groups is 1. The molecule has 3 unspecified atom stereocenters. The molecular formula is C17H25ClN2O. The van der Waals surface area contributed by atoms with Crippen LogP contribution in [0.1, 0.15) is 43.7 Å². The van der Waals surface area contributed by atoms with Crippen molar-refractivity contribution in [3.05, 3.63) is 34.9 Å². The van der Waals surface area contributed by atoms with Gasteiger partial charge >= 0.3 is 0 Å². The van der Waals surface area contributed by atoms with Crippen LogP contribution in [0.25, 0.3) is 0 Å². The summed E-state index contributed by atoms with van der Waals surface area (Å²) < 4.78 is 0. The molecule has 1 aliphatic carbocycles. The first kappa shape index (κ1) is 16.3. The summed E-state index contributed by atoms with van der Waals surface area (Å²) in [5, 5.41) is 0.805. The average molecular weight is 309 g/mol. The molecule has 4 heteroatoms. The normalized spacial score (nSPS) is 24.0. The number of halogens is 1. The summed E-state index contributed by atoms with van der Waals surface area (Å²) >= 11 is 6.42. The lowest BCUT2D eigenvalue weighted by Gasteiger charge is -2.40. The SMILES string of the molecule is CN(C)C(c1ccccc1Cl)C1CCCCC1CC(N)=O. The van der Waals surface area contributed by atoms with Gasteiger partial charge in [0.2, 0.25) is 5.91 Å². The molecule has 3 atom stereocenters. The van der Waals surface area contributed by atoms with Gasteiger partial charge in [-0.05, 0) is 50.4 Å². The average Bonchev–Trinajstić information content (AvgIpc) is 2.42. The molecule has 0 aliphatic heterocycles. The molecule has 0 radical (unpaired) electrons. The van der Waals surface area contributed by atoms with Crippen LogP contribution in [0.15, 0.2) is 24.3 Å². The molecule has 1 fully saturated rings. The summed E-state index contributed by atoms with van der Waals surface area (Å²) in [5.41, 5.74) is 6.61. The minimum absolute atomic E-state index is 0.191. The third kappa shape index (κ3) is 3.98. The zero-order valence-electron chi connectivity index (χ0n) is 12.9. The molecule has 0 spiro atoms. The molecule has 3 nitrogen and oxygen atoms in total. The second kappa shape index (κ2) is 7.28. The molecule has 2 N–H and O–H groups in total. The summed E-state index contributed by atoms with van der Waals surface area (Å²) in [7, 11) is 4.17. The maximum absolute atomic E-state index is 11.4. The summed E-state index contributed by atoms with van der Waals surface area (Å²) in [6, 6.07) is 8.27. The van der Waals surface area contributed by atoms with Crippen molar-refractivity contribution in [3.8, 4) is 0 Å². The van der Waals surface area contributed by atoms with Gasteiger partial charge in [0.05, 0.1) is 0 Å². The first-order valence-electron chi connectivity index (χ1n) is 7.70. The lowest BCUT2D eigenvalue weighted by molar-refractivity contribution is -0.119. The Balaban J connectivity index is 2.31. The van der Waals surface area contributed by atoms with Gasteiger partial charge in [-0.15, -0.1) is 0 Å². The maximum Gasteiger partial charge on any atom is 0.217 e. The highest BCUT2D eigenvalue weighted by Crippen LogP contribution is 2.43. The number of hydrogen-bond acceptors (Lipinski definition) is 2. The van der Waals surface area contributed by atoms with Gasteiger partial charge in [0.15, 0.2) is 0 Å². The number of nitrogens with zero attached hydrogens (tertiary/aromatic N) is 1. The Hall–Kier alpha value is -1.06. The van der Waals surface area contributed by atoms with Crippen molar-refractivity contribution in [1.29, 1.82) is 0 Å². The predicted octanol–water partition coefficient (Wildman–Crippen LogP) is 3.62. The van der Waals surface area contributed by atoms with Gasteiger partial charge in [0.25, 0.3) is 0 Å². The molecule has 1 aromatic rings. The van der Waals surface area contributed by atoms with E-state index in [0.29, 0.717) is 18.3 Å². The van der Waals surface area contributed by atoms with Gasteiger partial charge < -0.3 is 10.6 Å². The van der Waals surface area contributed by atoms with Crippen LogP contribution >= 0.6 is 11.6 Å². The van der Waals surface area contributed by atoms with E-state index in [1.165, 1.54) is 12.8 Å². The van der Waals surface area contributed by atoms with E-state index in [4.69, 9.17) is 17.3 Å². The predicted molar refractivity (Wildman–Crippen MR) is 87.1 cm³/mol. The van der Waals surface area contributed by atoms with Crippen LogP contribution in [0.2, 0.25) is 5.02 Å².